The molecule has 1 aromatic heterocycles. The van der Waals surface area contributed by atoms with Crippen molar-refractivity contribution in [3.05, 3.63) is 5.82 Å². The van der Waals surface area contributed by atoms with E-state index >= 15 is 0 Å². The maximum Gasteiger partial charge on any atom is 0.151 e. The van der Waals surface area contributed by atoms with Crippen LogP contribution >= 0.6 is 0 Å². The zero-order chi connectivity index (χ0) is 7.68. The number of aryl methyl sites for hydroxylation is 1. The lowest BCUT2D eigenvalue weighted by Gasteiger charge is -2.15. The van der Waals surface area contributed by atoms with Gasteiger partial charge in [0.25, 0.3) is 0 Å². The van der Waals surface area contributed by atoms with Crippen molar-refractivity contribution in [2.45, 2.75) is 19.4 Å². The highest BCUT2D eigenvalue weighted by Crippen LogP contribution is 2.14. The molecule has 0 amide bonds. The summed E-state index contributed by atoms with van der Waals surface area (Å²) in [4.78, 5) is 10.4. The molecule has 1 unspecified atom stereocenters. The lowest BCUT2D eigenvalue weighted by atomic mass is 10.0. The Morgan fingerprint density at radius 1 is 1.64 bits per heavy atom. The summed E-state index contributed by atoms with van der Waals surface area (Å²) >= 11 is 0. The maximum absolute atomic E-state index is 10.4. The summed E-state index contributed by atoms with van der Waals surface area (Å²) < 4.78 is 1.75. The third-order valence-corrected chi connectivity index (χ3v) is 1.95. The van der Waals surface area contributed by atoms with Crippen LogP contribution in [-0.2, 0) is 17.8 Å². The van der Waals surface area contributed by atoms with Crippen molar-refractivity contribution in [2.75, 3.05) is 0 Å². The monoisotopic (exact) mass is 152 g/mol. The van der Waals surface area contributed by atoms with Gasteiger partial charge in [0, 0.05) is 18.9 Å². The van der Waals surface area contributed by atoms with E-state index in [-0.39, 0.29) is 5.92 Å². The maximum atomic E-state index is 10.4. The van der Waals surface area contributed by atoms with Crippen molar-refractivity contribution < 1.29 is 4.79 Å². The highest BCUT2D eigenvalue weighted by atomic mass is 16.1. The van der Waals surface area contributed by atoms with Crippen molar-refractivity contribution >= 4 is 6.29 Å². The van der Waals surface area contributed by atoms with Crippen LogP contribution in [0.1, 0.15) is 12.2 Å². The van der Waals surface area contributed by atoms with Gasteiger partial charge in [0.2, 0.25) is 0 Å². The molecule has 1 atom stereocenters. The average Bonchev–Trinajstić information content (AvgIpc) is 2.50. The van der Waals surface area contributed by atoms with Gasteiger partial charge in [-0.15, -0.1) is 5.10 Å². The molecule has 0 aromatic carbocycles. The van der Waals surface area contributed by atoms with Gasteiger partial charge in [-0.05, 0) is 16.8 Å². The van der Waals surface area contributed by atoms with Crippen molar-refractivity contribution in [2.24, 2.45) is 5.92 Å². The number of fused-ring (bicyclic) bond motifs is 1. The van der Waals surface area contributed by atoms with Crippen molar-refractivity contribution in [3.63, 3.8) is 0 Å². The molecule has 1 aromatic rings. The molecule has 0 N–H and O–H groups in total. The molecule has 2 heterocycles. The van der Waals surface area contributed by atoms with Crippen LogP contribution in [0.3, 0.4) is 0 Å². The third-order valence-electron chi connectivity index (χ3n) is 1.95. The number of hydrogen-bond acceptors (Lipinski definition) is 4. The molecule has 1 aliphatic rings. The van der Waals surface area contributed by atoms with E-state index in [1.165, 1.54) is 0 Å². The van der Waals surface area contributed by atoms with Crippen LogP contribution in [0.5, 0.6) is 0 Å². The highest BCUT2D eigenvalue weighted by molar-refractivity contribution is 5.54. The molecule has 0 fully saturated rings. The van der Waals surface area contributed by atoms with E-state index in [9.17, 15) is 4.79 Å². The molecule has 5 nitrogen and oxygen atoms in total. The van der Waals surface area contributed by atoms with E-state index in [4.69, 9.17) is 0 Å². The predicted molar refractivity (Wildman–Crippen MR) is 35.7 cm³/mol. The van der Waals surface area contributed by atoms with Gasteiger partial charge in [-0.2, -0.15) is 0 Å². The van der Waals surface area contributed by atoms with Crippen LogP contribution in [0.2, 0.25) is 0 Å². The predicted octanol–water partition coefficient (Wildman–Crippen LogP) is -0.566. The largest absolute Gasteiger partial charge is 0.303 e. The number of hydrogen-bond donors (Lipinski definition) is 0. The van der Waals surface area contributed by atoms with Crippen LogP contribution in [0.4, 0.5) is 0 Å². The number of aromatic nitrogens is 4. The first kappa shape index (κ1) is 6.45. The summed E-state index contributed by atoms with van der Waals surface area (Å²) in [5.74, 6) is 0.946. The number of nitrogens with zero attached hydrogens (tertiary/aromatic N) is 4. The van der Waals surface area contributed by atoms with Crippen molar-refractivity contribution in [1.29, 1.82) is 0 Å². The van der Waals surface area contributed by atoms with E-state index in [0.717, 1.165) is 25.1 Å². The topological polar surface area (TPSA) is 60.7 Å². The fraction of sp³-hybridized carbons (Fsp3) is 0.667. The minimum Gasteiger partial charge on any atom is -0.303 e. The zero-order valence-corrected chi connectivity index (χ0v) is 5.97. The third kappa shape index (κ3) is 1.02. The van der Waals surface area contributed by atoms with Gasteiger partial charge in [-0.25, -0.2) is 4.68 Å². The standard InChI is InChI=1S/C6H8N4O/c11-4-5-1-2-10-6(3-5)7-8-9-10/h4-5H,1-3H2. The van der Waals surface area contributed by atoms with Gasteiger partial charge < -0.3 is 4.79 Å². The number of carbonyl (C=O) groups excluding carboxylic acids is 1. The van der Waals surface area contributed by atoms with Gasteiger partial charge in [-0.3, -0.25) is 0 Å². The van der Waals surface area contributed by atoms with Gasteiger partial charge in [0.05, 0.1) is 0 Å². The lowest BCUT2D eigenvalue weighted by molar-refractivity contribution is -0.111. The van der Waals surface area contributed by atoms with E-state index in [2.05, 4.69) is 15.5 Å². The average molecular weight is 152 g/mol. The Morgan fingerprint density at radius 2 is 2.55 bits per heavy atom. The van der Waals surface area contributed by atoms with E-state index in [1.54, 1.807) is 4.68 Å². The minimum atomic E-state index is 0.119. The molecule has 0 bridgehead atoms. The fourth-order valence-corrected chi connectivity index (χ4v) is 1.28. The molecular formula is C6H8N4O. The van der Waals surface area contributed by atoms with Crippen LogP contribution in [-0.4, -0.2) is 26.5 Å². The molecular weight excluding hydrogens is 144 g/mol. The van der Waals surface area contributed by atoms with E-state index in [1.807, 2.05) is 0 Å². The molecule has 5 heteroatoms. The SMILES string of the molecule is O=CC1CCn2nnnc2C1. The second kappa shape index (κ2) is 2.41. The van der Waals surface area contributed by atoms with Crippen LogP contribution < -0.4 is 0 Å². The fourth-order valence-electron chi connectivity index (χ4n) is 1.28. The summed E-state index contributed by atoms with van der Waals surface area (Å²) in [5, 5.41) is 11.1. The Bertz CT molecular complexity index is 269. The first-order valence-corrected chi connectivity index (χ1v) is 3.60. The van der Waals surface area contributed by atoms with Gasteiger partial charge in [-0.1, -0.05) is 0 Å². The van der Waals surface area contributed by atoms with E-state index in [0.29, 0.717) is 6.42 Å². The quantitative estimate of drug-likeness (QED) is 0.506. The van der Waals surface area contributed by atoms with Gasteiger partial charge in [0.1, 0.15) is 6.29 Å². The summed E-state index contributed by atoms with van der Waals surface area (Å²) in [5.41, 5.74) is 0. The summed E-state index contributed by atoms with van der Waals surface area (Å²) in [6.07, 6.45) is 2.54. The molecule has 1 aliphatic heterocycles. The Balaban J connectivity index is 2.24. The van der Waals surface area contributed by atoms with Crippen molar-refractivity contribution in [1.82, 2.24) is 20.2 Å². The van der Waals surface area contributed by atoms with Gasteiger partial charge >= 0.3 is 0 Å². The molecule has 0 radical (unpaired) electrons. The smallest absolute Gasteiger partial charge is 0.151 e. The number of rotatable bonds is 1. The number of tetrazole rings is 1. The van der Waals surface area contributed by atoms with Gasteiger partial charge in [0.15, 0.2) is 5.82 Å². The minimum absolute atomic E-state index is 0.119. The summed E-state index contributed by atoms with van der Waals surface area (Å²) in [7, 11) is 0. The van der Waals surface area contributed by atoms with Crippen LogP contribution in [0.15, 0.2) is 0 Å². The van der Waals surface area contributed by atoms with E-state index < -0.39 is 0 Å². The zero-order valence-electron chi connectivity index (χ0n) is 5.97. The number of carbonyl (C=O) groups is 1. The molecule has 0 saturated carbocycles. The molecule has 0 saturated heterocycles. The summed E-state index contributed by atoms with van der Waals surface area (Å²) in [6.45, 7) is 0.770. The first-order valence-electron chi connectivity index (χ1n) is 3.60. The molecule has 2 rings (SSSR count). The number of aldehydes is 1. The molecule has 0 aliphatic carbocycles. The Morgan fingerprint density at radius 3 is 3.36 bits per heavy atom. The Kier molecular flexibility index (Phi) is 1.41. The molecule has 0 spiro atoms. The second-order valence-electron chi connectivity index (χ2n) is 2.71. The normalized spacial score (nSPS) is 22.7. The second-order valence-corrected chi connectivity index (χ2v) is 2.71. The van der Waals surface area contributed by atoms with Crippen LogP contribution in [0, 0.1) is 5.92 Å². The molecule has 11 heavy (non-hydrogen) atoms. The van der Waals surface area contributed by atoms with Crippen LogP contribution in [0.25, 0.3) is 0 Å². The first-order chi connectivity index (χ1) is 5.40. The lowest BCUT2D eigenvalue weighted by Crippen LogP contribution is -2.21. The summed E-state index contributed by atoms with van der Waals surface area (Å²) in [6, 6.07) is 0. The Labute approximate surface area is 63.4 Å². The van der Waals surface area contributed by atoms with Crippen molar-refractivity contribution in [3.8, 4) is 0 Å². The highest BCUT2D eigenvalue weighted by Gasteiger charge is 2.19. The molecule has 58 valence electrons. The Hall–Kier alpha value is -1.26.